The molecule has 1 aliphatic rings. The molecule has 106 valence electrons. The molecule has 5 nitrogen and oxygen atoms in total. The number of rotatable bonds is 5. The molecule has 0 saturated carbocycles. The SMILES string of the molecule is CN1CCN(CCCOc2ncc(Br)cc2N)CC1. The Hall–Kier alpha value is -0.850. The van der Waals surface area contributed by atoms with Gasteiger partial charge in [-0.2, -0.15) is 0 Å². The van der Waals surface area contributed by atoms with E-state index in [1.165, 1.54) is 0 Å². The standard InChI is InChI=1S/C13H21BrN4O/c1-17-4-6-18(7-5-17)3-2-8-19-13-12(15)9-11(14)10-16-13/h9-10H,2-8,15H2,1H3. The minimum Gasteiger partial charge on any atom is -0.476 e. The van der Waals surface area contributed by atoms with E-state index in [1.807, 2.05) is 6.07 Å². The third-order valence-electron chi connectivity index (χ3n) is 3.30. The Balaban J connectivity index is 1.66. The summed E-state index contributed by atoms with van der Waals surface area (Å²) in [4.78, 5) is 8.99. The predicted molar refractivity (Wildman–Crippen MR) is 80.4 cm³/mol. The highest BCUT2D eigenvalue weighted by atomic mass is 79.9. The zero-order valence-corrected chi connectivity index (χ0v) is 12.9. The average Bonchev–Trinajstić information content (AvgIpc) is 2.39. The summed E-state index contributed by atoms with van der Waals surface area (Å²) < 4.78 is 6.48. The van der Waals surface area contributed by atoms with Crippen molar-refractivity contribution in [2.75, 3.05) is 52.1 Å². The molecule has 6 heteroatoms. The maximum atomic E-state index is 5.83. The summed E-state index contributed by atoms with van der Waals surface area (Å²) in [6.45, 7) is 6.34. The number of pyridine rings is 1. The molecule has 0 unspecified atom stereocenters. The summed E-state index contributed by atoms with van der Waals surface area (Å²) in [5, 5.41) is 0. The smallest absolute Gasteiger partial charge is 0.237 e. The average molecular weight is 329 g/mol. The summed E-state index contributed by atoms with van der Waals surface area (Å²) in [6, 6.07) is 1.81. The van der Waals surface area contributed by atoms with Crippen LogP contribution in [0, 0.1) is 0 Å². The van der Waals surface area contributed by atoms with Crippen molar-refractivity contribution in [1.29, 1.82) is 0 Å². The largest absolute Gasteiger partial charge is 0.476 e. The van der Waals surface area contributed by atoms with Gasteiger partial charge in [-0.15, -0.1) is 0 Å². The Kier molecular flexibility index (Phi) is 5.42. The Morgan fingerprint density at radius 1 is 1.37 bits per heavy atom. The minimum absolute atomic E-state index is 0.529. The van der Waals surface area contributed by atoms with Gasteiger partial charge in [-0.3, -0.25) is 0 Å². The normalized spacial score (nSPS) is 17.6. The van der Waals surface area contributed by atoms with E-state index in [4.69, 9.17) is 10.5 Å². The third-order valence-corrected chi connectivity index (χ3v) is 3.73. The highest BCUT2D eigenvalue weighted by Crippen LogP contribution is 2.21. The van der Waals surface area contributed by atoms with Crippen molar-refractivity contribution in [2.45, 2.75) is 6.42 Å². The Morgan fingerprint density at radius 2 is 2.11 bits per heavy atom. The van der Waals surface area contributed by atoms with Crippen molar-refractivity contribution < 1.29 is 4.74 Å². The van der Waals surface area contributed by atoms with Crippen molar-refractivity contribution in [1.82, 2.24) is 14.8 Å². The second kappa shape index (κ2) is 7.07. The van der Waals surface area contributed by atoms with Gasteiger partial charge in [-0.1, -0.05) is 0 Å². The summed E-state index contributed by atoms with van der Waals surface area (Å²) in [5.41, 5.74) is 6.41. The van der Waals surface area contributed by atoms with Gasteiger partial charge in [-0.25, -0.2) is 4.98 Å². The first-order valence-corrected chi connectivity index (χ1v) is 7.39. The second-order valence-electron chi connectivity index (χ2n) is 4.89. The molecule has 0 radical (unpaired) electrons. The molecule has 1 aliphatic heterocycles. The number of nitrogens with two attached hydrogens (primary N) is 1. The fourth-order valence-electron chi connectivity index (χ4n) is 2.09. The highest BCUT2D eigenvalue weighted by Gasteiger charge is 2.13. The third kappa shape index (κ3) is 4.63. The van der Waals surface area contributed by atoms with Crippen LogP contribution >= 0.6 is 15.9 Å². The molecule has 0 spiro atoms. The number of aromatic nitrogens is 1. The van der Waals surface area contributed by atoms with E-state index in [1.54, 1.807) is 6.20 Å². The lowest BCUT2D eigenvalue weighted by Gasteiger charge is -2.32. The van der Waals surface area contributed by atoms with Gasteiger partial charge in [-0.05, 0) is 35.5 Å². The van der Waals surface area contributed by atoms with Gasteiger partial charge in [0.25, 0.3) is 0 Å². The molecule has 2 N–H and O–H groups in total. The van der Waals surface area contributed by atoms with Crippen LogP contribution in [0.3, 0.4) is 0 Å². The molecule has 1 aromatic rings. The molecule has 19 heavy (non-hydrogen) atoms. The zero-order valence-electron chi connectivity index (χ0n) is 11.3. The number of anilines is 1. The van der Waals surface area contributed by atoms with Gasteiger partial charge in [0.15, 0.2) is 0 Å². The molecule has 0 aliphatic carbocycles. The van der Waals surface area contributed by atoms with Gasteiger partial charge in [0, 0.05) is 43.4 Å². The number of hydrogen-bond acceptors (Lipinski definition) is 5. The van der Waals surface area contributed by atoms with Gasteiger partial charge in [0.2, 0.25) is 5.88 Å². The molecular formula is C13H21BrN4O. The van der Waals surface area contributed by atoms with Crippen molar-refractivity contribution in [3.63, 3.8) is 0 Å². The van der Waals surface area contributed by atoms with Crippen LogP contribution in [0.25, 0.3) is 0 Å². The Bertz CT molecular complexity index is 408. The lowest BCUT2D eigenvalue weighted by Crippen LogP contribution is -2.44. The van der Waals surface area contributed by atoms with Crippen LogP contribution in [0.2, 0.25) is 0 Å². The first-order chi connectivity index (χ1) is 9.15. The zero-order chi connectivity index (χ0) is 13.7. The number of nitrogen functional groups attached to an aromatic ring is 1. The molecule has 2 heterocycles. The molecule has 0 bridgehead atoms. The van der Waals surface area contributed by atoms with E-state index in [0.29, 0.717) is 18.2 Å². The van der Waals surface area contributed by atoms with E-state index in [2.05, 4.69) is 37.8 Å². The van der Waals surface area contributed by atoms with Gasteiger partial charge in [0.1, 0.15) is 0 Å². The van der Waals surface area contributed by atoms with Crippen LogP contribution in [0.1, 0.15) is 6.42 Å². The van der Waals surface area contributed by atoms with Crippen LogP contribution in [-0.4, -0.2) is 61.2 Å². The van der Waals surface area contributed by atoms with Crippen molar-refractivity contribution in [3.8, 4) is 5.88 Å². The van der Waals surface area contributed by atoms with Crippen LogP contribution in [0.4, 0.5) is 5.69 Å². The van der Waals surface area contributed by atoms with Crippen LogP contribution in [0.5, 0.6) is 5.88 Å². The van der Waals surface area contributed by atoms with E-state index in [-0.39, 0.29) is 0 Å². The summed E-state index contributed by atoms with van der Waals surface area (Å²) in [6.07, 6.45) is 2.70. The summed E-state index contributed by atoms with van der Waals surface area (Å²) in [7, 11) is 2.17. The summed E-state index contributed by atoms with van der Waals surface area (Å²) in [5.74, 6) is 0.529. The van der Waals surface area contributed by atoms with Crippen molar-refractivity contribution in [2.24, 2.45) is 0 Å². The van der Waals surface area contributed by atoms with Crippen molar-refractivity contribution in [3.05, 3.63) is 16.7 Å². The fraction of sp³-hybridized carbons (Fsp3) is 0.615. The number of piperazine rings is 1. The molecule has 0 aromatic carbocycles. The number of nitrogens with zero attached hydrogens (tertiary/aromatic N) is 3. The number of hydrogen-bond donors (Lipinski definition) is 1. The molecule has 0 atom stereocenters. The molecule has 1 fully saturated rings. The lowest BCUT2D eigenvalue weighted by atomic mass is 10.3. The van der Waals surface area contributed by atoms with E-state index < -0.39 is 0 Å². The first-order valence-electron chi connectivity index (χ1n) is 6.60. The summed E-state index contributed by atoms with van der Waals surface area (Å²) >= 11 is 3.33. The molecule has 2 rings (SSSR count). The number of halogens is 1. The number of likely N-dealkylation sites (N-methyl/N-ethyl adjacent to an activating group) is 1. The van der Waals surface area contributed by atoms with Gasteiger partial charge in [0.05, 0.1) is 12.3 Å². The minimum atomic E-state index is 0.529. The van der Waals surface area contributed by atoms with Crippen LogP contribution in [0.15, 0.2) is 16.7 Å². The number of ether oxygens (including phenoxy) is 1. The van der Waals surface area contributed by atoms with E-state index in [9.17, 15) is 0 Å². The van der Waals surface area contributed by atoms with Gasteiger partial charge < -0.3 is 20.3 Å². The molecule has 0 amide bonds. The highest BCUT2D eigenvalue weighted by molar-refractivity contribution is 9.10. The maximum Gasteiger partial charge on any atom is 0.237 e. The Labute approximate surface area is 122 Å². The Morgan fingerprint density at radius 3 is 2.79 bits per heavy atom. The molecule has 1 saturated heterocycles. The second-order valence-corrected chi connectivity index (χ2v) is 5.81. The maximum absolute atomic E-state index is 5.83. The quantitative estimate of drug-likeness (QED) is 0.829. The van der Waals surface area contributed by atoms with Crippen LogP contribution < -0.4 is 10.5 Å². The first kappa shape index (κ1) is 14.6. The lowest BCUT2D eigenvalue weighted by molar-refractivity contribution is 0.145. The van der Waals surface area contributed by atoms with E-state index >= 15 is 0 Å². The monoisotopic (exact) mass is 328 g/mol. The molecule has 1 aromatic heterocycles. The predicted octanol–water partition coefficient (Wildman–Crippen LogP) is 1.44. The van der Waals surface area contributed by atoms with Crippen molar-refractivity contribution >= 4 is 21.6 Å². The molecular weight excluding hydrogens is 308 g/mol. The fourth-order valence-corrected chi connectivity index (χ4v) is 2.44. The topological polar surface area (TPSA) is 54.6 Å². The van der Waals surface area contributed by atoms with Gasteiger partial charge >= 0.3 is 0 Å². The van der Waals surface area contributed by atoms with E-state index in [0.717, 1.165) is 43.6 Å². The van der Waals surface area contributed by atoms with Crippen LogP contribution in [-0.2, 0) is 0 Å².